The van der Waals surface area contributed by atoms with E-state index in [4.69, 9.17) is 28.9 Å². The van der Waals surface area contributed by atoms with Crippen molar-refractivity contribution in [1.29, 1.82) is 0 Å². The quantitative estimate of drug-likeness (QED) is 0.897. The van der Waals surface area contributed by atoms with Gasteiger partial charge in [-0.25, -0.2) is 4.68 Å². The van der Waals surface area contributed by atoms with Gasteiger partial charge in [-0.2, -0.15) is 5.10 Å². The predicted molar refractivity (Wildman–Crippen MR) is 66.9 cm³/mol. The van der Waals surface area contributed by atoms with Crippen LogP contribution in [0, 0.1) is 6.92 Å². The summed E-state index contributed by atoms with van der Waals surface area (Å²) in [4.78, 5) is 0. The van der Waals surface area contributed by atoms with E-state index in [9.17, 15) is 0 Å². The number of hydrogen-bond acceptors (Lipinski definition) is 2. The molecule has 84 valence electrons. The Hall–Kier alpha value is -1.19. The van der Waals surface area contributed by atoms with Crippen molar-refractivity contribution in [2.75, 3.05) is 5.73 Å². The summed E-state index contributed by atoms with van der Waals surface area (Å²) in [6.45, 7) is 2.47. The van der Waals surface area contributed by atoms with E-state index < -0.39 is 0 Å². The van der Waals surface area contributed by atoms with E-state index in [-0.39, 0.29) is 0 Å². The van der Waals surface area contributed by atoms with E-state index in [0.29, 0.717) is 22.4 Å². The third-order valence-electron chi connectivity index (χ3n) is 2.41. The van der Waals surface area contributed by atoms with Crippen molar-refractivity contribution in [2.24, 2.45) is 0 Å². The zero-order chi connectivity index (χ0) is 11.7. The first-order valence-electron chi connectivity index (χ1n) is 4.79. The maximum absolute atomic E-state index is 6.07. The molecule has 0 aliphatic heterocycles. The Labute approximate surface area is 104 Å². The lowest BCUT2D eigenvalue weighted by Crippen LogP contribution is -2.06. The molecule has 2 rings (SSSR count). The number of benzene rings is 1. The second-order valence-corrected chi connectivity index (χ2v) is 4.45. The smallest absolute Gasteiger partial charge is 0.124 e. The SMILES string of the molecule is Cc1cnn(Cc2ccc(Cl)cc2Cl)c1N. The zero-order valence-corrected chi connectivity index (χ0v) is 10.3. The summed E-state index contributed by atoms with van der Waals surface area (Å²) < 4.78 is 1.71. The Morgan fingerprint density at radius 1 is 1.38 bits per heavy atom. The highest BCUT2D eigenvalue weighted by molar-refractivity contribution is 6.35. The molecule has 0 atom stereocenters. The van der Waals surface area contributed by atoms with Gasteiger partial charge >= 0.3 is 0 Å². The highest BCUT2D eigenvalue weighted by Crippen LogP contribution is 2.22. The molecule has 0 spiro atoms. The molecule has 1 heterocycles. The maximum atomic E-state index is 6.07. The molecule has 0 amide bonds. The van der Waals surface area contributed by atoms with Gasteiger partial charge in [-0.1, -0.05) is 29.3 Å². The van der Waals surface area contributed by atoms with Crippen molar-refractivity contribution >= 4 is 29.0 Å². The van der Waals surface area contributed by atoms with E-state index in [1.165, 1.54) is 0 Å². The first-order chi connectivity index (χ1) is 7.58. The number of nitrogens with two attached hydrogens (primary N) is 1. The highest BCUT2D eigenvalue weighted by Gasteiger charge is 2.06. The van der Waals surface area contributed by atoms with Crippen LogP contribution in [0.2, 0.25) is 10.0 Å². The molecule has 0 saturated carbocycles. The molecule has 5 heteroatoms. The van der Waals surface area contributed by atoms with Gasteiger partial charge in [-0.15, -0.1) is 0 Å². The summed E-state index contributed by atoms with van der Waals surface area (Å²) in [5, 5.41) is 5.42. The Morgan fingerprint density at radius 3 is 2.69 bits per heavy atom. The third-order valence-corrected chi connectivity index (χ3v) is 3.00. The van der Waals surface area contributed by atoms with Crippen LogP contribution in [0.5, 0.6) is 0 Å². The molecule has 3 nitrogen and oxygen atoms in total. The molecule has 16 heavy (non-hydrogen) atoms. The molecule has 0 aliphatic rings. The molecule has 1 aromatic carbocycles. The highest BCUT2D eigenvalue weighted by atomic mass is 35.5. The fraction of sp³-hybridized carbons (Fsp3) is 0.182. The van der Waals surface area contributed by atoms with Gasteiger partial charge in [0.1, 0.15) is 5.82 Å². The summed E-state index contributed by atoms with van der Waals surface area (Å²) in [5.74, 6) is 0.658. The van der Waals surface area contributed by atoms with Crippen LogP contribution in [0.15, 0.2) is 24.4 Å². The summed E-state index contributed by atoms with van der Waals surface area (Å²) in [7, 11) is 0. The molecule has 0 saturated heterocycles. The number of rotatable bonds is 2. The van der Waals surface area contributed by atoms with Gasteiger partial charge in [-0.3, -0.25) is 0 Å². The van der Waals surface area contributed by atoms with Gasteiger partial charge < -0.3 is 5.73 Å². The van der Waals surface area contributed by atoms with E-state index in [1.54, 1.807) is 23.0 Å². The van der Waals surface area contributed by atoms with E-state index >= 15 is 0 Å². The summed E-state index contributed by atoms with van der Waals surface area (Å²) >= 11 is 11.9. The monoisotopic (exact) mass is 255 g/mol. The molecule has 0 aliphatic carbocycles. The lowest BCUT2D eigenvalue weighted by molar-refractivity contribution is 0.697. The van der Waals surface area contributed by atoms with Crippen LogP contribution in [0.1, 0.15) is 11.1 Å². The van der Waals surface area contributed by atoms with Crippen LogP contribution in [-0.2, 0) is 6.54 Å². The second kappa shape index (κ2) is 4.36. The number of aryl methyl sites for hydroxylation is 1. The minimum absolute atomic E-state index is 0.551. The molecule has 2 N–H and O–H groups in total. The fourth-order valence-electron chi connectivity index (χ4n) is 1.43. The largest absolute Gasteiger partial charge is 0.384 e. The molecular formula is C11H11Cl2N3. The predicted octanol–water partition coefficient (Wildman–Crippen LogP) is 3.13. The van der Waals surface area contributed by atoms with Crippen molar-refractivity contribution in [3.63, 3.8) is 0 Å². The normalized spacial score (nSPS) is 10.7. The Balaban J connectivity index is 2.30. The number of anilines is 1. The molecule has 2 aromatic rings. The van der Waals surface area contributed by atoms with Crippen LogP contribution < -0.4 is 5.73 Å². The lowest BCUT2D eigenvalue weighted by Gasteiger charge is -2.07. The topological polar surface area (TPSA) is 43.8 Å². The summed E-state index contributed by atoms with van der Waals surface area (Å²) in [6, 6.07) is 5.39. The molecule has 0 fully saturated rings. The standard InChI is InChI=1S/C11H11Cl2N3/c1-7-5-15-16(11(7)14)6-8-2-3-9(12)4-10(8)13/h2-5H,6,14H2,1H3. The number of aromatic nitrogens is 2. The van der Waals surface area contributed by atoms with Crippen LogP contribution in [0.25, 0.3) is 0 Å². The maximum Gasteiger partial charge on any atom is 0.124 e. The van der Waals surface area contributed by atoms with Crippen molar-refractivity contribution < 1.29 is 0 Å². The number of halogens is 2. The Kier molecular flexibility index (Phi) is 3.08. The van der Waals surface area contributed by atoms with Gasteiger partial charge in [0, 0.05) is 15.6 Å². The fourth-order valence-corrected chi connectivity index (χ4v) is 1.89. The number of nitrogens with zero attached hydrogens (tertiary/aromatic N) is 2. The molecule has 1 aromatic heterocycles. The van der Waals surface area contributed by atoms with Gasteiger partial charge in [0.25, 0.3) is 0 Å². The molecular weight excluding hydrogens is 245 g/mol. The first kappa shape index (κ1) is 11.3. The summed E-state index contributed by atoms with van der Waals surface area (Å²) in [6.07, 6.45) is 1.74. The van der Waals surface area contributed by atoms with E-state index in [2.05, 4.69) is 5.10 Å². The Morgan fingerprint density at radius 2 is 2.12 bits per heavy atom. The average molecular weight is 256 g/mol. The Bertz CT molecular complexity index is 520. The van der Waals surface area contributed by atoms with Crippen molar-refractivity contribution in [1.82, 2.24) is 9.78 Å². The van der Waals surface area contributed by atoms with Crippen LogP contribution in [0.3, 0.4) is 0 Å². The molecule has 0 unspecified atom stereocenters. The number of nitrogen functional groups attached to an aromatic ring is 1. The second-order valence-electron chi connectivity index (χ2n) is 3.61. The van der Waals surface area contributed by atoms with Gasteiger partial charge in [0.05, 0.1) is 12.7 Å². The van der Waals surface area contributed by atoms with Crippen molar-refractivity contribution in [3.8, 4) is 0 Å². The zero-order valence-electron chi connectivity index (χ0n) is 8.74. The van der Waals surface area contributed by atoms with Crippen LogP contribution in [-0.4, -0.2) is 9.78 Å². The van der Waals surface area contributed by atoms with E-state index in [1.807, 2.05) is 13.0 Å². The minimum atomic E-state index is 0.551. The lowest BCUT2D eigenvalue weighted by atomic mass is 10.2. The minimum Gasteiger partial charge on any atom is -0.384 e. The first-order valence-corrected chi connectivity index (χ1v) is 5.55. The van der Waals surface area contributed by atoms with Gasteiger partial charge in [0.15, 0.2) is 0 Å². The van der Waals surface area contributed by atoms with Crippen LogP contribution in [0.4, 0.5) is 5.82 Å². The van der Waals surface area contributed by atoms with Crippen molar-refractivity contribution in [2.45, 2.75) is 13.5 Å². The van der Waals surface area contributed by atoms with Crippen LogP contribution >= 0.6 is 23.2 Å². The van der Waals surface area contributed by atoms with E-state index in [0.717, 1.165) is 11.1 Å². The average Bonchev–Trinajstić information content (AvgIpc) is 2.54. The summed E-state index contributed by atoms with van der Waals surface area (Å²) in [5.41, 5.74) is 7.77. The molecule has 0 bridgehead atoms. The van der Waals surface area contributed by atoms with Gasteiger partial charge in [0.2, 0.25) is 0 Å². The molecule has 0 radical (unpaired) electrons. The number of hydrogen-bond donors (Lipinski definition) is 1. The van der Waals surface area contributed by atoms with Gasteiger partial charge in [-0.05, 0) is 24.6 Å². The third kappa shape index (κ3) is 2.15. The van der Waals surface area contributed by atoms with Crippen molar-refractivity contribution in [3.05, 3.63) is 45.6 Å².